The molecule has 1 aromatic heterocycles. The first-order chi connectivity index (χ1) is 9.24. The zero-order valence-corrected chi connectivity index (χ0v) is 12.2. The predicted molar refractivity (Wildman–Crippen MR) is 83.0 cm³/mol. The summed E-state index contributed by atoms with van der Waals surface area (Å²) in [5.41, 5.74) is 5.27. The van der Waals surface area contributed by atoms with Gasteiger partial charge in [-0.2, -0.15) is 0 Å². The van der Waals surface area contributed by atoms with Crippen molar-refractivity contribution in [3.05, 3.63) is 40.2 Å². The zero-order valence-electron chi connectivity index (χ0n) is 11.4. The summed E-state index contributed by atoms with van der Waals surface area (Å²) in [6.07, 6.45) is 8.80. The predicted octanol–water partition coefficient (Wildman–Crippen LogP) is 4.90. The van der Waals surface area contributed by atoms with Crippen molar-refractivity contribution in [2.45, 2.75) is 45.6 Å². The van der Waals surface area contributed by atoms with Gasteiger partial charge in [-0.15, -0.1) is 0 Å². The van der Waals surface area contributed by atoms with Crippen LogP contribution in [0.4, 0.5) is 0 Å². The Bertz CT molecular complexity index is 676. The Morgan fingerprint density at radius 2 is 2.21 bits per heavy atom. The molecule has 0 unspecified atom stereocenters. The number of aromatic amines is 1. The van der Waals surface area contributed by atoms with Crippen molar-refractivity contribution in [2.24, 2.45) is 0 Å². The van der Waals surface area contributed by atoms with Crippen LogP contribution in [0.5, 0.6) is 0 Å². The molecule has 1 aromatic carbocycles. The van der Waals surface area contributed by atoms with Crippen LogP contribution in [0.15, 0.2) is 29.8 Å². The first-order valence-corrected chi connectivity index (χ1v) is 7.52. The van der Waals surface area contributed by atoms with E-state index in [1.54, 1.807) is 5.57 Å². The lowest BCUT2D eigenvalue weighted by Gasteiger charge is -2.13. The lowest BCUT2D eigenvalue weighted by atomic mass is 9.97. The van der Waals surface area contributed by atoms with Gasteiger partial charge in [0.1, 0.15) is 0 Å². The van der Waals surface area contributed by atoms with E-state index in [1.807, 2.05) is 0 Å². The molecule has 3 heteroatoms. The second kappa shape index (κ2) is 5.33. The van der Waals surface area contributed by atoms with Gasteiger partial charge in [0.15, 0.2) is 4.77 Å². The summed E-state index contributed by atoms with van der Waals surface area (Å²) in [6, 6.07) is 6.47. The summed E-state index contributed by atoms with van der Waals surface area (Å²) in [7, 11) is 0. The molecule has 0 spiro atoms. The highest BCUT2D eigenvalue weighted by atomic mass is 32.1. The van der Waals surface area contributed by atoms with Crippen LogP contribution in [0.2, 0.25) is 0 Å². The van der Waals surface area contributed by atoms with E-state index in [9.17, 15) is 0 Å². The summed E-state index contributed by atoms with van der Waals surface area (Å²) in [5, 5.41) is 0. The van der Waals surface area contributed by atoms with Crippen molar-refractivity contribution >= 4 is 23.3 Å². The van der Waals surface area contributed by atoms with Crippen LogP contribution in [0.25, 0.3) is 11.0 Å². The Morgan fingerprint density at radius 3 is 3.00 bits per heavy atom. The molecular formula is C16H20N2S. The molecular weight excluding hydrogens is 252 g/mol. The number of imidazole rings is 1. The first kappa shape index (κ1) is 12.7. The fourth-order valence-electron chi connectivity index (χ4n) is 2.87. The second-order valence-corrected chi connectivity index (χ2v) is 5.85. The Balaban J connectivity index is 1.87. The maximum atomic E-state index is 5.45. The van der Waals surface area contributed by atoms with E-state index >= 15 is 0 Å². The van der Waals surface area contributed by atoms with Crippen LogP contribution in [0.1, 0.15) is 37.7 Å². The van der Waals surface area contributed by atoms with Crippen LogP contribution in [0, 0.1) is 11.7 Å². The molecule has 1 aliphatic rings. The van der Waals surface area contributed by atoms with Crippen LogP contribution >= 0.6 is 12.2 Å². The maximum Gasteiger partial charge on any atom is 0.178 e. The third-order valence-electron chi connectivity index (χ3n) is 3.97. The smallest absolute Gasteiger partial charge is 0.178 e. The van der Waals surface area contributed by atoms with Crippen LogP contribution in [0.3, 0.4) is 0 Å². The van der Waals surface area contributed by atoms with E-state index in [0.29, 0.717) is 0 Å². The summed E-state index contributed by atoms with van der Waals surface area (Å²) in [6.45, 7) is 3.12. The van der Waals surface area contributed by atoms with E-state index < -0.39 is 0 Å². The lowest BCUT2D eigenvalue weighted by Crippen LogP contribution is -2.01. The molecule has 100 valence electrons. The van der Waals surface area contributed by atoms with Crippen LogP contribution in [-0.2, 0) is 6.54 Å². The van der Waals surface area contributed by atoms with E-state index in [-0.39, 0.29) is 0 Å². The molecule has 0 atom stereocenters. The Labute approximate surface area is 119 Å². The molecule has 0 saturated carbocycles. The quantitative estimate of drug-likeness (QED) is 0.622. The van der Waals surface area contributed by atoms with Crippen LogP contribution in [-0.4, -0.2) is 9.55 Å². The van der Waals surface area contributed by atoms with Gasteiger partial charge in [0.2, 0.25) is 0 Å². The molecule has 1 aliphatic carbocycles. The molecule has 2 nitrogen and oxygen atoms in total. The highest BCUT2D eigenvalue weighted by Gasteiger charge is 2.07. The number of H-pyrrole nitrogens is 1. The Kier molecular flexibility index (Phi) is 3.56. The molecule has 1 heterocycles. The summed E-state index contributed by atoms with van der Waals surface area (Å²) in [5.74, 6) is 0. The van der Waals surface area contributed by atoms with Crippen molar-refractivity contribution in [1.82, 2.24) is 9.55 Å². The number of rotatable bonds is 3. The molecule has 0 amide bonds. The van der Waals surface area contributed by atoms with Crippen molar-refractivity contribution in [2.75, 3.05) is 0 Å². The number of aryl methyl sites for hydroxylation is 2. The van der Waals surface area contributed by atoms with E-state index in [0.717, 1.165) is 23.3 Å². The monoisotopic (exact) mass is 272 g/mol. The average Bonchev–Trinajstić information content (AvgIpc) is 2.73. The molecule has 0 bridgehead atoms. The molecule has 3 rings (SSSR count). The van der Waals surface area contributed by atoms with Gasteiger partial charge in [-0.3, -0.25) is 0 Å². The Hall–Kier alpha value is -1.35. The van der Waals surface area contributed by atoms with E-state index in [2.05, 4.69) is 40.7 Å². The normalized spacial score (nSPS) is 15.7. The zero-order chi connectivity index (χ0) is 13.2. The first-order valence-electron chi connectivity index (χ1n) is 7.11. The number of allylic oxidation sites excluding steroid dienone is 2. The minimum Gasteiger partial charge on any atom is -0.331 e. The van der Waals surface area contributed by atoms with E-state index in [1.165, 1.54) is 36.8 Å². The van der Waals surface area contributed by atoms with Gasteiger partial charge in [-0.1, -0.05) is 17.7 Å². The number of hydrogen-bond donors (Lipinski definition) is 1. The second-order valence-electron chi connectivity index (χ2n) is 5.46. The van der Waals surface area contributed by atoms with Crippen molar-refractivity contribution in [1.29, 1.82) is 0 Å². The van der Waals surface area contributed by atoms with Gasteiger partial charge in [-0.05, 0) is 68.9 Å². The Morgan fingerprint density at radius 1 is 1.32 bits per heavy atom. The number of benzene rings is 1. The summed E-state index contributed by atoms with van der Waals surface area (Å²) in [4.78, 5) is 3.30. The molecule has 19 heavy (non-hydrogen) atoms. The maximum absolute atomic E-state index is 5.45. The van der Waals surface area contributed by atoms with Gasteiger partial charge in [-0.25, -0.2) is 0 Å². The van der Waals surface area contributed by atoms with Crippen molar-refractivity contribution < 1.29 is 0 Å². The molecule has 0 fully saturated rings. The van der Waals surface area contributed by atoms with Gasteiger partial charge < -0.3 is 9.55 Å². The summed E-state index contributed by atoms with van der Waals surface area (Å²) >= 11 is 5.45. The summed E-state index contributed by atoms with van der Waals surface area (Å²) < 4.78 is 3.09. The third kappa shape index (κ3) is 2.66. The van der Waals surface area contributed by atoms with Gasteiger partial charge in [0.05, 0.1) is 11.0 Å². The molecule has 1 N–H and O–H groups in total. The highest BCUT2D eigenvalue weighted by molar-refractivity contribution is 7.71. The number of aromatic nitrogens is 2. The fraction of sp³-hybridized carbons (Fsp3) is 0.438. The molecule has 0 saturated heterocycles. The van der Waals surface area contributed by atoms with Gasteiger partial charge in [0, 0.05) is 6.54 Å². The largest absolute Gasteiger partial charge is 0.331 e. The number of nitrogens with one attached hydrogen (secondary N) is 1. The minimum atomic E-state index is 0.844. The molecule has 2 aromatic rings. The number of fused-ring (bicyclic) bond motifs is 1. The number of nitrogens with zero attached hydrogens (tertiary/aromatic N) is 1. The highest BCUT2D eigenvalue weighted by Crippen LogP contribution is 2.22. The molecule has 0 radical (unpaired) electrons. The standard InChI is InChI=1S/C16H20N2S/c1-12-7-8-14-15(11-12)18(16(19)17-14)10-9-13-5-3-2-4-6-13/h5,7-8,11H,2-4,6,9-10H2,1H3,(H,17,19). The van der Waals surface area contributed by atoms with Gasteiger partial charge >= 0.3 is 0 Å². The third-order valence-corrected chi connectivity index (χ3v) is 4.29. The molecule has 0 aliphatic heterocycles. The van der Waals surface area contributed by atoms with Crippen LogP contribution < -0.4 is 0 Å². The fourth-order valence-corrected chi connectivity index (χ4v) is 3.17. The minimum absolute atomic E-state index is 0.844. The SMILES string of the molecule is Cc1ccc2[nH]c(=S)n(CCC3=CCCCC3)c2c1. The van der Waals surface area contributed by atoms with Crippen molar-refractivity contribution in [3.8, 4) is 0 Å². The average molecular weight is 272 g/mol. The topological polar surface area (TPSA) is 20.7 Å². The lowest BCUT2D eigenvalue weighted by molar-refractivity contribution is 0.630. The number of hydrogen-bond acceptors (Lipinski definition) is 1. The van der Waals surface area contributed by atoms with Gasteiger partial charge in [0.25, 0.3) is 0 Å². The van der Waals surface area contributed by atoms with Crippen molar-refractivity contribution in [3.63, 3.8) is 0 Å². The van der Waals surface area contributed by atoms with E-state index in [4.69, 9.17) is 12.2 Å².